The third kappa shape index (κ3) is 4.76. The number of amides is 2. The maximum absolute atomic E-state index is 11.9. The van der Waals surface area contributed by atoms with Gasteiger partial charge in [0.15, 0.2) is 0 Å². The van der Waals surface area contributed by atoms with Gasteiger partial charge in [0, 0.05) is 22.4 Å². The lowest BCUT2D eigenvalue weighted by Crippen LogP contribution is -2.34. The Hall–Kier alpha value is -2.48. The molecule has 1 aromatic heterocycles. The normalized spacial score (nSPS) is 11.1. The molecular weight excluding hydrogens is 328 g/mol. The molecule has 2 aromatic rings. The van der Waals surface area contributed by atoms with Gasteiger partial charge >= 0.3 is 6.03 Å². The highest BCUT2D eigenvalue weighted by molar-refractivity contribution is 7.09. The maximum atomic E-state index is 11.9. The smallest absolute Gasteiger partial charge is 0.315 e. The minimum Gasteiger partial charge on any atom is -0.334 e. The van der Waals surface area contributed by atoms with Crippen LogP contribution < -0.4 is 10.6 Å². The summed E-state index contributed by atoms with van der Waals surface area (Å²) in [5.74, 6) is 0. The number of nitro benzene ring substituents is 1. The van der Waals surface area contributed by atoms with Crippen molar-refractivity contribution in [1.82, 2.24) is 15.6 Å². The number of nitrogens with one attached hydrogen (secondary N) is 2. The second-order valence-electron chi connectivity index (χ2n) is 6.30. The zero-order chi connectivity index (χ0) is 17.7. The van der Waals surface area contributed by atoms with Crippen LogP contribution in [0.25, 0.3) is 0 Å². The van der Waals surface area contributed by atoms with Gasteiger partial charge in [0.1, 0.15) is 5.01 Å². The van der Waals surface area contributed by atoms with Crippen LogP contribution in [0, 0.1) is 10.1 Å². The third-order valence-corrected chi connectivity index (χ3v) is 4.20. The zero-order valence-electron chi connectivity index (χ0n) is 13.8. The Morgan fingerprint density at radius 2 is 1.92 bits per heavy atom. The fraction of sp³-hybridized carbons (Fsp3) is 0.375. The minimum atomic E-state index is -0.460. The van der Waals surface area contributed by atoms with Gasteiger partial charge in [-0.05, 0) is 0 Å². The molecule has 0 radical (unpaired) electrons. The number of benzene rings is 1. The number of hydrogen-bond acceptors (Lipinski definition) is 5. The van der Waals surface area contributed by atoms with E-state index in [0.717, 1.165) is 10.7 Å². The van der Waals surface area contributed by atoms with Crippen LogP contribution >= 0.6 is 11.3 Å². The largest absolute Gasteiger partial charge is 0.334 e. The topological polar surface area (TPSA) is 97.2 Å². The summed E-state index contributed by atoms with van der Waals surface area (Å²) in [5.41, 5.74) is 1.42. The van der Waals surface area contributed by atoms with Gasteiger partial charge in [-0.2, -0.15) is 0 Å². The molecule has 7 nitrogen and oxygen atoms in total. The predicted molar refractivity (Wildman–Crippen MR) is 93.0 cm³/mol. The van der Waals surface area contributed by atoms with E-state index in [-0.39, 0.29) is 23.7 Å². The van der Waals surface area contributed by atoms with E-state index >= 15 is 0 Å². The first-order chi connectivity index (χ1) is 11.3. The van der Waals surface area contributed by atoms with Gasteiger partial charge in [0.05, 0.1) is 23.7 Å². The molecule has 2 N–H and O–H groups in total. The molecule has 8 heteroatoms. The SMILES string of the molecule is CC(C)(C)c1csc(CNC(=O)NCc2ccccc2[N+](=O)[O-])n1. The second-order valence-corrected chi connectivity index (χ2v) is 7.24. The highest BCUT2D eigenvalue weighted by Gasteiger charge is 2.17. The Morgan fingerprint density at radius 3 is 2.54 bits per heavy atom. The third-order valence-electron chi connectivity index (χ3n) is 3.35. The van der Waals surface area contributed by atoms with Crippen LogP contribution in [-0.2, 0) is 18.5 Å². The molecule has 0 aliphatic rings. The van der Waals surface area contributed by atoms with Crippen molar-refractivity contribution in [2.75, 3.05) is 0 Å². The molecule has 0 bridgehead atoms. The van der Waals surface area contributed by atoms with E-state index in [4.69, 9.17) is 0 Å². The van der Waals surface area contributed by atoms with Crippen LogP contribution in [0.2, 0.25) is 0 Å². The number of para-hydroxylation sites is 1. The Morgan fingerprint density at radius 1 is 1.25 bits per heavy atom. The van der Waals surface area contributed by atoms with Crippen molar-refractivity contribution in [3.05, 3.63) is 56.0 Å². The lowest BCUT2D eigenvalue weighted by atomic mass is 9.93. The van der Waals surface area contributed by atoms with Gasteiger partial charge in [-0.15, -0.1) is 11.3 Å². The highest BCUT2D eigenvalue weighted by atomic mass is 32.1. The number of nitrogens with zero attached hydrogens (tertiary/aromatic N) is 2. The molecule has 2 rings (SSSR count). The number of nitro groups is 1. The van der Waals surface area contributed by atoms with Crippen molar-refractivity contribution in [2.45, 2.75) is 39.3 Å². The first kappa shape index (κ1) is 17.9. The van der Waals surface area contributed by atoms with Gasteiger partial charge in [-0.25, -0.2) is 9.78 Å². The zero-order valence-corrected chi connectivity index (χ0v) is 14.6. The van der Waals surface area contributed by atoms with Crippen LogP contribution in [0.1, 0.15) is 37.0 Å². The molecular formula is C16H20N4O3S. The molecule has 0 aliphatic carbocycles. The van der Waals surface area contributed by atoms with Crippen LogP contribution in [0.15, 0.2) is 29.6 Å². The first-order valence-corrected chi connectivity index (χ1v) is 8.34. The Balaban J connectivity index is 1.86. The molecule has 0 unspecified atom stereocenters. The van der Waals surface area contributed by atoms with E-state index in [9.17, 15) is 14.9 Å². The van der Waals surface area contributed by atoms with Gasteiger partial charge in [-0.1, -0.05) is 39.0 Å². The number of aromatic nitrogens is 1. The average Bonchev–Trinajstić information content (AvgIpc) is 3.00. The molecule has 0 atom stereocenters. The molecule has 0 saturated carbocycles. The number of carbonyl (C=O) groups is 1. The van der Waals surface area contributed by atoms with E-state index in [0.29, 0.717) is 12.1 Å². The van der Waals surface area contributed by atoms with Crippen molar-refractivity contribution in [3.8, 4) is 0 Å². The summed E-state index contributed by atoms with van der Waals surface area (Å²) in [7, 11) is 0. The monoisotopic (exact) mass is 348 g/mol. The Bertz CT molecular complexity index is 737. The van der Waals surface area contributed by atoms with E-state index in [1.165, 1.54) is 17.4 Å². The second kappa shape index (κ2) is 7.39. The summed E-state index contributed by atoms with van der Waals surface area (Å²) < 4.78 is 0. The van der Waals surface area contributed by atoms with Gasteiger partial charge in [0.25, 0.3) is 5.69 Å². The van der Waals surface area contributed by atoms with E-state index < -0.39 is 4.92 Å². The lowest BCUT2D eigenvalue weighted by Gasteiger charge is -2.14. The standard InChI is InChI=1S/C16H20N4O3S/c1-16(2,3)13-10-24-14(19-13)9-18-15(21)17-8-11-6-4-5-7-12(11)20(22)23/h4-7,10H,8-9H2,1-3H3,(H2,17,18,21). The van der Waals surface area contributed by atoms with Crippen molar-refractivity contribution in [3.63, 3.8) is 0 Å². The molecule has 2 amide bonds. The van der Waals surface area contributed by atoms with Crippen LogP contribution in [-0.4, -0.2) is 15.9 Å². The summed E-state index contributed by atoms with van der Waals surface area (Å²) in [6.07, 6.45) is 0. The van der Waals surface area contributed by atoms with Gasteiger partial charge in [-0.3, -0.25) is 10.1 Å². The van der Waals surface area contributed by atoms with Crippen molar-refractivity contribution in [2.24, 2.45) is 0 Å². The van der Waals surface area contributed by atoms with E-state index in [2.05, 4.69) is 36.4 Å². The fourth-order valence-corrected chi connectivity index (χ4v) is 2.93. The summed E-state index contributed by atoms with van der Waals surface area (Å²) >= 11 is 1.50. The first-order valence-electron chi connectivity index (χ1n) is 7.46. The van der Waals surface area contributed by atoms with Crippen molar-refractivity contribution < 1.29 is 9.72 Å². The summed E-state index contributed by atoms with van der Waals surface area (Å²) in [6, 6.07) is 5.94. The molecule has 1 aromatic carbocycles. The predicted octanol–water partition coefficient (Wildman–Crippen LogP) is 3.35. The molecule has 1 heterocycles. The minimum absolute atomic E-state index is 0.00691. The Labute approximate surface area is 144 Å². The number of hydrogen-bond donors (Lipinski definition) is 2. The quantitative estimate of drug-likeness (QED) is 0.639. The van der Waals surface area contributed by atoms with Crippen molar-refractivity contribution in [1.29, 1.82) is 0 Å². The van der Waals surface area contributed by atoms with Gasteiger partial charge in [0.2, 0.25) is 0 Å². The van der Waals surface area contributed by atoms with E-state index in [1.807, 2.05) is 5.38 Å². The van der Waals surface area contributed by atoms with Crippen LogP contribution in [0.5, 0.6) is 0 Å². The summed E-state index contributed by atoms with van der Waals surface area (Å²) in [5, 5.41) is 19.1. The van der Waals surface area contributed by atoms with E-state index in [1.54, 1.807) is 18.2 Å². The maximum Gasteiger partial charge on any atom is 0.315 e. The molecule has 128 valence electrons. The summed E-state index contributed by atoms with van der Waals surface area (Å²) in [6.45, 7) is 6.66. The molecule has 0 fully saturated rings. The van der Waals surface area contributed by atoms with Crippen LogP contribution in [0.3, 0.4) is 0 Å². The van der Waals surface area contributed by atoms with Crippen molar-refractivity contribution >= 4 is 23.1 Å². The summed E-state index contributed by atoms with van der Waals surface area (Å²) in [4.78, 5) is 26.8. The molecule has 0 aliphatic heterocycles. The molecule has 24 heavy (non-hydrogen) atoms. The number of urea groups is 1. The number of rotatable bonds is 5. The highest BCUT2D eigenvalue weighted by Crippen LogP contribution is 2.23. The van der Waals surface area contributed by atoms with Gasteiger partial charge < -0.3 is 10.6 Å². The average molecular weight is 348 g/mol. The fourth-order valence-electron chi connectivity index (χ4n) is 1.97. The molecule has 0 saturated heterocycles. The number of thiazole rings is 1. The lowest BCUT2D eigenvalue weighted by molar-refractivity contribution is -0.385. The number of carbonyl (C=O) groups excluding carboxylic acids is 1. The molecule has 0 spiro atoms. The van der Waals surface area contributed by atoms with Crippen LogP contribution in [0.4, 0.5) is 10.5 Å². The Kier molecular flexibility index (Phi) is 5.50.